The molecule has 0 aliphatic carbocycles. The SMILES string of the molecule is O=C(c1ccoc1)N1CC[C@@H](c2cccc(Cl)c2)C1. The second-order valence-corrected chi connectivity index (χ2v) is 5.24. The Morgan fingerprint density at radius 2 is 2.26 bits per heavy atom. The van der Waals surface area contributed by atoms with Crippen molar-refractivity contribution in [2.45, 2.75) is 12.3 Å². The van der Waals surface area contributed by atoms with Crippen molar-refractivity contribution in [3.63, 3.8) is 0 Å². The topological polar surface area (TPSA) is 33.5 Å². The van der Waals surface area contributed by atoms with Gasteiger partial charge in [-0.15, -0.1) is 0 Å². The van der Waals surface area contributed by atoms with Crippen LogP contribution in [0.1, 0.15) is 28.3 Å². The molecule has 1 fully saturated rings. The molecule has 2 heterocycles. The summed E-state index contributed by atoms with van der Waals surface area (Å²) >= 11 is 6.01. The molecule has 0 N–H and O–H groups in total. The zero-order valence-corrected chi connectivity index (χ0v) is 11.1. The van der Waals surface area contributed by atoms with Crippen LogP contribution in [0.5, 0.6) is 0 Å². The Hall–Kier alpha value is -1.74. The maximum absolute atomic E-state index is 12.2. The van der Waals surface area contributed by atoms with Crippen molar-refractivity contribution in [1.29, 1.82) is 0 Å². The Kier molecular flexibility index (Phi) is 3.30. The summed E-state index contributed by atoms with van der Waals surface area (Å²) in [5, 5.41) is 0.747. The van der Waals surface area contributed by atoms with E-state index in [9.17, 15) is 4.79 Å². The number of likely N-dealkylation sites (tertiary alicyclic amines) is 1. The first-order valence-electron chi connectivity index (χ1n) is 6.31. The number of hydrogen-bond acceptors (Lipinski definition) is 2. The molecule has 4 heteroatoms. The quantitative estimate of drug-likeness (QED) is 0.840. The zero-order chi connectivity index (χ0) is 13.2. The Labute approximate surface area is 116 Å². The molecule has 3 nitrogen and oxygen atoms in total. The first-order valence-corrected chi connectivity index (χ1v) is 6.69. The van der Waals surface area contributed by atoms with Gasteiger partial charge in [-0.2, -0.15) is 0 Å². The molecule has 0 spiro atoms. The van der Waals surface area contributed by atoms with E-state index in [1.54, 1.807) is 6.07 Å². The van der Waals surface area contributed by atoms with Gasteiger partial charge in [0.2, 0.25) is 0 Å². The number of carbonyl (C=O) groups excluding carboxylic acids is 1. The second kappa shape index (κ2) is 5.10. The molecule has 1 aromatic heterocycles. The van der Waals surface area contributed by atoms with Crippen LogP contribution in [0.25, 0.3) is 0 Å². The highest BCUT2D eigenvalue weighted by Crippen LogP contribution is 2.29. The third-order valence-electron chi connectivity index (χ3n) is 3.56. The second-order valence-electron chi connectivity index (χ2n) is 4.80. The van der Waals surface area contributed by atoms with Crippen LogP contribution in [0.4, 0.5) is 0 Å². The third kappa shape index (κ3) is 2.51. The maximum atomic E-state index is 12.2. The van der Waals surface area contributed by atoms with E-state index in [1.165, 1.54) is 18.1 Å². The standard InChI is InChI=1S/C15H14ClNO2/c16-14-3-1-2-11(8-14)12-4-6-17(9-12)15(18)13-5-7-19-10-13/h1-3,5,7-8,10,12H,4,6,9H2/t12-/m1/s1. The summed E-state index contributed by atoms with van der Waals surface area (Å²) in [4.78, 5) is 14.1. The van der Waals surface area contributed by atoms with E-state index >= 15 is 0 Å². The molecule has 0 bridgehead atoms. The molecule has 1 amide bonds. The molecular weight excluding hydrogens is 262 g/mol. The van der Waals surface area contributed by atoms with Crippen molar-refractivity contribution in [3.05, 3.63) is 59.0 Å². The van der Waals surface area contributed by atoms with Gasteiger partial charge in [-0.1, -0.05) is 23.7 Å². The van der Waals surface area contributed by atoms with Crippen molar-refractivity contribution in [1.82, 2.24) is 4.90 Å². The van der Waals surface area contributed by atoms with Gasteiger partial charge in [-0.05, 0) is 30.2 Å². The van der Waals surface area contributed by atoms with Crippen LogP contribution in [-0.2, 0) is 0 Å². The lowest BCUT2D eigenvalue weighted by atomic mass is 9.99. The molecule has 98 valence electrons. The normalized spacial score (nSPS) is 18.8. The predicted octanol–water partition coefficient (Wildman–Crippen LogP) is 3.56. The van der Waals surface area contributed by atoms with E-state index in [0.29, 0.717) is 11.5 Å². The van der Waals surface area contributed by atoms with Crippen LogP contribution in [0, 0.1) is 0 Å². The molecule has 1 atom stereocenters. The van der Waals surface area contributed by atoms with E-state index in [1.807, 2.05) is 23.1 Å². The first kappa shape index (κ1) is 12.3. The fraction of sp³-hybridized carbons (Fsp3) is 0.267. The van der Waals surface area contributed by atoms with Crippen molar-refractivity contribution in [2.24, 2.45) is 0 Å². The van der Waals surface area contributed by atoms with Gasteiger partial charge in [0.1, 0.15) is 6.26 Å². The summed E-state index contributed by atoms with van der Waals surface area (Å²) in [6.45, 7) is 1.52. The molecule has 0 saturated carbocycles. The van der Waals surface area contributed by atoms with Crippen molar-refractivity contribution < 1.29 is 9.21 Å². The first-order chi connectivity index (χ1) is 9.24. The van der Waals surface area contributed by atoms with Gasteiger partial charge in [-0.3, -0.25) is 4.79 Å². The average Bonchev–Trinajstić information content (AvgIpc) is 3.10. The fourth-order valence-electron chi connectivity index (χ4n) is 2.55. The number of carbonyl (C=O) groups is 1. The summed E-state index contributed by atoms with van der Waals surface area (Å²) in [5.41, 5.74) is 1.82. The Bertz CT molecular complexity index is 580. The summed E-state index contributed by atoms with van der Waals surface area (Å²) in [7, 11) is 0. The molecule has 0 unspecified atom stereocenters. The van der Waals surface area contributed by atoms with Gasteiger partial charge in [0.25, 0.3) is 5.91 Å². The predicted molar refractivity (Wildman–Crippen MR) is 73.4 cm³/mol. The molecular formula is C15H14ClNO2. The van der Waals surface area contributed by atoms with E-state index in [0.717, 1.165) is 24.5 Å². The van der Waals surface area contributed by atoms with Gasteiger partial charge in [0.15, 0.2) is 0 Å². The van der Waals surface area contributed by atoms with E-state index in [4.69, 9.17) is 16.0 Å². The number of halogens is 1. The minimum Gasteiger partial charge on any atom is -0.472 e. The van der Waals surface area contributed by atoms with Gasteiger partial charge in [0.05, 0.1) is 11.8 Å². The number of rotatable bonds is 2. The fourth-order valence-corrected chi connectivity index (χ4v) is 2.74. The molecule has 19 heavy (non-hydrogen) atoms. The number of nitrogens with zero attached hydrogens (tertiary/aromatic N) is 1. The smallest absolute Gasteiger partial charge is 0.257 e. The highest BCUT2D eigenvalue weighted by molar-refractivity contribution is 6.30. The molecule has 1 aliphatic heterocycles. The Morgan fingerprint density at radius 1 is 1.37 bits per heavy atom. The van der Waals surface area contributed by atoms with Crippen LogP contribution in [0.3, 0.4) is 0 Å². The van der Waals surface area contributed by atoms with Crippen LogP contribution in [-0.4, -0.2) is 23.9 Å². The lowest BCUT2D eigenvalue weighted by Gasteiger charge is -2.15. The highest BCUT2D eigenvalue weighted by Gasteiger charge is 2.28. The Balaban J connectivity index is 1.72. The van der Waals surface area contributed by atoms with Crippen molar-refractivity contribution in [3.8, 4) is 0 Å². The van der Waals surface area contributed by atoms with Crippen molar-refractivity contribution in [2.75, 3.05) is 13.1 Å². The molecule has 1 aliphatic rings. The van der Waals surface area contributed by atoms with Gasteiger partial charge in [0, 0.05) is 24.0 Å². The molecule has 3 rings (SSSR count). The molecule has 1 saturated heterocycles. The van der Waals surface area contributed by atoms with Crippen LogP contribution >= 0.6 is 11.6 Å². The lowest BCUT2D eigenvalue weighted by molar-refractivity contribution is 0.0790. The van der Waals surface area contributed by atoms with E-state index in [2.05, 4.69) is 6.07 Å². The number of amides is 1. The van der Waals surface area contributed by atoms with Crippen molar-refractivity contribution >= 4 is 17.5 Å². The van der Waals surface area contributed by atoms with Gasteiger partial charge < -0.3 is 9.32 Å². The maximum Gasteiger partial charge on any atom is 0.257 e. The van der Waals surface area contributed by atoms with Crippen LogP contribution in [0.15, 0.2) is 47.3 Å². The summed E-state index contributed by atoms with van der Waals surface area (Å²) in [6.07, 6.45) is 4.00. The molecule has 2 aromatic rings. The lowest BCUT2D eigenvalue weighted by Crippen LogP contribution is -2.28. The van der Waals surface area contributed by atoms with E-state index < -0.39 is 0 Å². The highest BCUT2D eigenvalue weighted by atomic mass is 35.5. The molecule has 0 radical (unpaired) electrons. The van der Waals surface area contributed by atoms with Gasteiger partial charge in [-0.25, -0.2) is 0 Å². The van der Waals surface area contributed by atoms with Crippen LogP contribution in [0.2, 0.25) is 5.02 Å². The Morgan fingerprint density at radius 3 is 3.00 bits per heavy atom. The minimum absolute atomic E-state index is 0.0401. The largest absolute Gasteiger partial charge is 0.472 e. The summed E-state index contributed by atoms with van der Waals surface area (Å²) in [6, 6.07) is 9.59. The van der Waals surface area contributed by atoms with E-state index in [-0.39, 0.29) is 5.91 Å². The minimum atomic E-state index is 0.0401. The average molecular weight is 276 g/mol. The number of hydrogen-bond donors (Lipinski definition) is 0. The summed E-state index contributed by atoms with van der Waals surface area (Å²) in [5.74, 6) is 0.410. The monoisotopic (exact) mass is 275 g/mol. The third-order valence-corrected chi connectivity index (χ3v) is 3.80. The van der Waals surface area contributed by atoms with Gasteiger partial charge >= 0.3 is 0 Å². The number of benzene rings is 1. The summed E-state index contributed by atoms with van der Waals surface area (Å²) < 4.78 is 4.96. The van der Waals surface area contributed by atoms with Crippen LogP contribution < -0.4 is 0 Å². The zero-order valence-electron chi connectivity index (χ0n) is 10.4. The number of furan rings is 1. The molecule has 1 aromatic carbocycles.